The van der Waals surface area contributed by atoms with Crippen molar-refractivity contribution in [2.24, 2.45) is 11.1 Å². The molecule has 1 aliphatic heterocycles. The van der Waals surface area contributed by atoms with E-state index in [-0.39, 0.29) is 5.54 Å². The van der Waals surface area contributed by atoms with Gasteiger partial charge in [-0.3, -0.25) is 0 Å². The molecular formula is C10H18N2. The molecule has 68 valence electrons. The van der Waals surface area contributed by atoms with Crippen LogP contribution in [0, 0.1) is 5.41 Å². The van der Waals surface area contributed by atoms with E-state index in [0.29, 0.717) is 0 Å². The molecule has 0 bridgehead atoms. The zero-order valence-corrected chi connectivity index (χ0v) is 7.68. The van der Waals surface area contributed by atoms with Crippen molar-refractivity contribution in [3.63, 3.8) is 0 Å². The van der Waals surface area contributed by atoms with Crippen LogP contribution in [0.15, 0.2) is 0 Å². The van der Waals surface area contributed by atoms with Crippen molar-refractivity contribution in [1.29, 1.82) is 0 Å². The lowest BCUT2D eigenvalue weighted by Gasteiger charge is -2.19. The molecule has 0 aromatic heterocycles. The van der Waals surface area contributed by atoms with Gasteiger partial charge in [-0.25, -0.2) is 0 Å². The maximum atomic E-state index is 6.09. The van der Waals surface area contributed by atoms with Crippen LogP contribution in [-0.2, 0) is 0 Å². The summed E-state index contributed by atoms with van der Waals surface area (Å²) in [7, 11) is 0. The van der Waals surface area contributed by atoms with Gasteiger partial charge in [-0.2, -0.15) is 0 Å². The molecule has 2 heteroatoms. The highest BCUT2D eigenvalue weighted by Crippen LogP contribution is 2.53. The molecule has 1 spiro atoms. The number of rotatable bonds is 2. The maximum absolute atomic E-state index is 6.09. The third-order valence-corrected chi connectivity index (χ3v) is 3.91. The van der Waals surface area contributed by atoms with Crippen molar-refractivity contribution in [2.75, 3.05) is 19.6 Å². The summed E-state index contributed by atoms with van der Waals surface area (Å²) in [4.78, 5) is 2.60. The first-order chi connectivity index (χ1) is 5.70. The molecule has 1 heterocycles. The summed E-state index contributed by atoms with van der Waals surface area (Å²) in [5.41, 5.74) is 7.11. The molecule has 2 aliphatic carbocycles. The molecule has 3 aliphatic rings. The van der Waals surface area contributed by atoms with Crippen LogP contribution in [0.1, 0.15) is 32.1 Å². The van der Waals surface area contributed by atoms with Gasteiger partial charge in [0.25, 0.3) is 0 Å². The Bertz CT molecular complexity index is 204. The Morgan fingerprint density at radius 3 is 2.33 bits per heavy atom. The van der Waals surface area contributed by atoms with Crippen LogP contribution in [-0.4, -0.2) is 30.1 Å². The van der Waals surface area contributed by atoms with E-state index in [0.717, 1.165) is 5.41 Å². The Morgan fingerprint density at radius 2 is 1.83 bits per heavy atom. The molecule has 0 unspecified atom stereocenters. The molecule has 0 aromatic carbocycles. The minimum absolute atomic E-state index is 0.237. The Balaban J connectivity index is 1.58. The van der Waals surface area contributed by atoms with Gasteiger partial charge in [0, 0.05) is 18.6 Å². The molecule has 1 saturated heterocycles. The molecule has 3 rings (SSSR count). The van der Waals surface area contributed by atoms with Gasteiger partial charge in [-0.1, -0.05) is 0 Å². The summed E-state index contributed by atoms with van der Waals surface area (Å²) in [5, 5.41) is 0. The second kappa shape index (κ2) is 2.05. The minimum atomic E-state index is 0.237. The van der Waals surface area contributed by atoms with E-state index in [9.17, 15) is 0 Å². The SMILES string of the molecule is NC1(CN2CCC3(CC3)C2)CC1. The molecule has 12 heavy (non-hydrogen) atoms. The topological polar surface area (TPSA) is 29.3 Å². The van der Waals surface area contributed by atoms with E-state index in [1.54, 1.807) is 0 Å². The minimum Gasteiger partial charge on any atom is -0.324 e. The molecule has 2 nitrogen and oxygen atoms in total. The fourth-order valence-electron chi connectivity index (χ4n) is 2.51. The number of hydrogen-bond donors (Lipinski definition) is 1. The predicted octanol–water partition coefficient (Wildman–Crippen LogP) is 0.964. The number of hydrogen-bond acceptors (Lipinski definition) is 2. The van der Waals surface area contributed by atoms with Gasteiger partial charge < -0.3 is 10.6 Å². The average Bonchev–Trinajstić information content (AvgIpc) is 2.85. The van der Waals surface area contributed by atoms with Gasteiger partial charge in [-0.15, -0.1) is 0 Å². The number of nitrogens with two attached hydrogens (primary N) is 1. The summed E-state index contributed by atoms with van der Waals surface area (Å²) in [5.74, 6) is 0. The van der Waals surface area contributed by atoms with E-state index in [1.807, 2.05) is 0 Å². The van der Waals surface area contributed by atoms with Gasteiger partial charge in [0.1, 0.15) is 0 Å². The lowest BCUT2D eigenvalue weighted by molar-refractivity contribution is 0.291. The van der Waals surface area contributed by atoms with E-state index in [4.69, 9.17) is 5.73 Å². The van der Waals surface area contributed by atoms with Crippen LogP contribution in [0.3, 0.4) is 0 Å². The summed E-state index contributed by atoms with van der Waals surface area (Å²) in [6, 6.07) is 0. The third kappa shape index (κ3) is 1.17. The van der Waals surface area contributed by atoms with E-state index >= 15 is 0 Å². The first-order valence-electron chi connectivity index (χ1n) is 5.21. The summed E-state index contributed by atoms with van der Waals surface area (Å²) in [6.45, 7) is 3.85. The first kappa shape index (κ1) is 7.34. The standard InChI is InChI=1S/C10H18N2/c11-10(3-4-10)8-12-6-5-9(7-12)1-2-9/h1-8,11H2. The molecule has 3 fully saturated rings. The van der Waals surface area contributed by atoms with Crippen LogP contribution in [0.5, 0.6) is 0 Å². The zero-order chi connectivity index (χ0) is 8.23. The monoisotopic (exact) mass is 166 g/mol. The molecule has 0 atom stereocenters. The van der Waals surface area contributed by atoms with Gasteiger partial charge in [0.15, 0.2) is 0 Å². The zero-order valence-electron chi connectivity index (χ0n) is 7.68. The third-order valence-electron chi connectivity index (χ3n) is 3.91. The van der Waals surface area contributed by atoms with E-state index < -0.39 is 0 Å². The van der Waals surface area contributed by atoms with Crippen molar-refractivity contribution in [3.05, 3.63) is 0 Å². The second-order valence-electron chi connectivity index (χ2n) is 5.32. The number of likely N-dealkylation sites (tertiary alicyclic amines) is 1. The molecule has 0 radical (unpaired) electrons. The Hall–Kier alpha value is -0.0800. The summed E-state index contributed by atoms with van der Waals surface area (Å²) in [6.07, 6.45) is 6.94. The Morgan fingerprint density at radius 1 is 1.08 bits per heavy atom. The number of nitrogens with zero attached hydrogens (tertiary/aromatic N) is 1. The van der Waals surface area contributed by atoms with Gasteiger partial charge in [-0.05, 0) is 44.1 Å². The average molecular weight is 166 g/mol. The van der Waals surface area contributed by atoms with Crippen molar-refractivity contribution in [2.45, 2.75) is 37.6 Å². The van der Waals surface area contributed by atoms with Gasteiger partial charge >= 0.3 is 0 Å². The highest BCUT2D eigenvalue weighted by Gasteiger charge is 2.50. The van der Waals surface area contributed by atoms with Crippen molar-refractivity contribution >= 4 is 0 Å². The van der Waals surface area contributed by atoms with Crippen molar-refractivity contribution in [1.82, 2.24) is 4.90 Å². The van der Waals surface area contributed by atoms with Crippen molar-refractivity contribution < 1.29 is 0 Å². The molecule has 2 saturated carbocycles. The van der Waals surface area contributed by atoms with Crippen LogP contribution < -0.4 is 5.73 Å². The van der Waals surface area contributed by atoms with Crippen LogP contribution in [0.4, 0.5) is 0 Å². The lowest BCUT2D eigenvalue weighted by atomic mass is 10.1. The van der Waals surface area contributed by atoms with E-state index in [1.165, 1.54) is 51.7 Å². The Labute approximate surface area is 74.1 Å². The lowest BCUT2D eigenvalue weighted by Crippen LogP contribution is -2.38. The highest BCUT2D eigenvalue weighted by molar-refractivity contribution is 5.06. The van der Waals surface area contributed by atoms with Crippen LogP contribution in [0.2, 0.25) is 0 Å². The first-order valence-corrected chi connectivity index (χ1v) is 5.21. The second-order valence-corrected chi connectivity index (χ2v) is 5.32. The largest absolute Gasteiger partial charge is 0.324 e. The van der Waals surface area contributed by atoms with Gasteiger partial charge in [0.2, 0.25) is 0 Å². The van der Waals surface area contributed by atoms with E-state index in [2.05, 4.69) is 4.90 Å². The molecule has 0 aromatic rings. The molecule has 2 N–H and O–H groups in total. The van der Waals surface area contributed by atoms with Crippen molar-refractivity contribution in [3.8, 4) is 0 Å². The highest BCUT2D eigenvalue weighted by atomic mass is 15.2. The molecular weight excluding hydrogens is 148 g/mol. The predicted molar refractivity (Wildman–Crippen MR) is 48.9 cm³/mol. The van der Waals surface area contributed by atoms with Crippen LogP contribution in [0.25, 0.3) is 0 Å². The maximum Gasteiger partial charge on any atom is 0.0284 e. The Kier molecular flexibility index (Phi) is 1.25. The fraction of sp³-hybridized carbons (Fsp3) is 1.00. The van der Waals surface area contributed by atoms with Crippen LogP contribution >= 0.6 is 0 Å². The summed E-state index contributed by atoms with van der Waals surface area (Å²) < 4.78 is 0. The normalized spacial score (nSPS) is 35.8. The smallest absolute Gasteiger partial charge is 0.0284 e. The molecule has 0 amide bonds. The van der Waals surface area contributed by atoms with Gasteiger partial charge in [0.05, 0.1) is 0 Å². The summed E-state index contributed by atoms with van der Waals surface area (Å²) >= 11 is 0. The quantitative estimate of drug-likeness (QED) is 0.662. The fourth-order valence-corrected chi connectivity index (χ4v) is 2.51.